The van der Waals surface area contributed by atoms with Crippen molar-refractivity contribution in [2.24, 2.45) is 0 Å². The van der Waals surface area contributed by atoms with E-state index >= 15 is 0 Å². The molecule has 0 spiro atoms. The first kappa shape index (κ1) is 8.24. The summed E-state index contributed by atoms with van der Waals surface area (Å²) < 4.78 is 14.6. The van der Waals surface area contributed by atoms with E-state index in [4.69, 9.17) is 4.89 Å². The summed E-state index contributed by atoms with van der Waals surface area (Å²) in [6.45, 7) is 0. The molecule has 0 aromatic rings. The Labute approximate surface area is 53.2 Å². The summed E-state index contributed by atoms with van der Waals surface area (Å²) in [4.78, 5) is 8.56. The van der Waals surface area contributed by atoms with Crippen LogP contribution in [0.1, 0.15) is 0 Å². The lowest BCUT2D eigenvalue weighted by molar-refractivity contribution is 0.320. The fraction of sp³-hybridized carbons (Fsp3) is 0.667. The summed E-state index contributed by atoms with van der Waals surface area (Å²) in [5, 5.41) is 1.18. The third-order valence-electron chi connectivity index (χ3n) is 0.591. The van der Waals surface area contributed by atoms with E-state index in [-0.39, 0.29) is 6.16 Å². The second-order valence-electron chi connectivity index (χ2n) is 1.17. The van der Waals surface area contributed by atoms with Gasteiger partial charge < -0.3 is 9.42 Å². The first-order valence-electron chi connectivity index (χ1n) is 1.93. The third kappa shape index (κ3) is 3.27. The van der Waals surface area contributed by atoms with Crippen LogP contribution in [0.4, 0.5) is 0 Å². The largest absolute Gasteiger partial charge is 0.332 e. The van der Waals surface area contributed by atoms with Gasteiger partial charge in [0.2, 0.25) is 0 Å². The molecule has 0 radical (unpaired) electrons. The summed E-state index contributed by atoms with van der Waals surface area (Å²) in [5.74, 6) is 0. The van der Waals surface area contributed by atoms with Gasteiger partial charge in [-0.2, -0.15) is 0 Å². The van der Waals surface area contributed by atoms with Gasteiger partial charge in [0.15, 0.2) is 0 Å². The lowest BCUT2D eigenvalue weighted by Crippen LogP contribution is -1.89. The molecule has 0 aliphatic rings. The molecule has 0 aromatic heterocycles. The molecule has 1 atom stereocenters. The van der Waals surface area contributed by atoms with E-state index in [1.165, 1.54) is 12.5 Å². The number of hydrogen-bond donors (Lipinski definition) is 1. The van der Waals surface area contributed by atoms with Gasteiger partial charge in [0.25, 0.3) is 0 Å². The minimum atomic E-state index is -3.33. The van der Waals surface area contributed by atoms with Crippen LogP contribution in [-0.2, 0) is 9.09 Å². The predicted octanol–water partition coefficient (Wildman–Crippen LogP) is 0.818. The molecule has 0 fully saturated rings. The highest BCUT2D eigenvalue weighted by atomic mass is 32.1. The summed E-state index contributed by atoms with van der Waals surface area (Å²) in [6.07, 6.45) is -0.0567. The SMILES string of the molecule is COP(=O)(O)CC=S. The first-order valence-corrected chi connectivity index (χ1v) is 4.17. The summed E-state index contributed by atoms with van der Waals surface area (Å²) in [7, 11) is -2.15. The van der Waals surface area contributed by atoms with Crippen LogP contribution in [0.3, 0.4) is 0 Å². The molecule has 8 heavy (non-hydrogen) atoms. The van der Waals surface area contributed by atoms with Gasteiger partial charge in [-0.15, -0.1) is 0 Å². The summed E-state index contributed by atoms with van der Waals surface area (Å²) >= 11 is 4.33. The van der Waals surface area contributed by atoms with Gasteiger partial charge in [0, 0.05) is 7.11 Å². The van der Waals surface area contributed by atoms with Crippen LogP contribution in [0, 0.1) is 0 Å². The van der Waals surface area contributed by atoms with Gasteiger partial charge in [-0.1, -0.05) is 12.2 Å². The van der Waals surface area contributed by atoms with Crippen LogP contribution >= 0.6 is 19.8 Å². The van der Waals surface area contributed by atoms with Crippen LogP contribution in [-0.4, -0.2) is 23.5 Å². The Morgan fingerprint density at radius 3 is 2.62 bits per heavy atom. The van der Waals surface area contributed by atoms with Gasteiger partial charge in [-0.3, -0.25) is 4.57 Å². The topological polar surface area (TPSA) is 46.5 Å². The Hall–Kier alpha value is 0.240. The van der Waals surface area contributed by atoms with Gasteiger partial charge in [-0.05, 0) is 5.37 Å². The number of hydrogen-bond acceptors (Lipinski definition) is 3. The van der Waals surface area contributed by atoms with E-state index in [1.54, 1.807) is 0 Å². The van der Waals surface area contributed by atoms with E-state index < -0.39 is 7.60 Å². The molecule has 0 rings (SSSR count). The Bertz CT molecular complexity index is 124. The molecule has 0 heterocycles. The monoisotopic (exact) mass is 154 g/mol. The molecule has 3 nitrogen and oxygen atoms in total. The molecule has 0 amide bonds. The zero-order valence-electron chi connectivity index (χ0n) is 4.40. The molecular formula is C3H7O3PS. The normalized spacial score (nSPS) is 17.2. The Kier molecular flexibility index (Phi) is 3.40. The van der Waals surface area contributed by atoms with Crippen LogP contribution in [0.2, 0.25) is 0 Å². The fourth-order valence-corrected chi connectivity index (χ4v) is 1.07. The lowest BCUT2D eigenvalue weighted by atomic mass is 11.0. The standard InChI is InChI=1S/C3H7O3PS/c1-6-7(4,5)2-3-8/h3H,2H2,1H3,(H,4,5). The van der Waals surface area contributed by atoms with E-state index in [1.807, 2.05) is 0 Å². The molecule has 0 aromatic carbocycles. The van der Waals surface area contributed by atoms with Gasteiger partial charge in [-0.25, -0.2) is 0 Å². The van der Waals surface area contributed by atoms with Crippen molar-refractivity contribution >= 4 is 25.2 Å². The molecule has 1 N–H and O–H groups in total. The Morgan fingerprint density at radius 1 is 2.00 bits per heavy atom. The maximum atomic E-state index is 10.4. The average molecular weight is 154 g/mol. The third-order valence-corrected chi connectivity index (χ3v) is 2.22. The molecular weight excluding hydrogens is 147 g/mol. The van der Waals surface area contributed by atoms with Crippen molar-refractivity contribution < 1.29 is 14.0 Å². The van der Waals surface area contributed by atoms with Crippen molar-refractivity contribution in [1.29, 1.82) is 0 Å². The van der Waals surface area contributed by atoms with Crippen molar-refractivity contribution in [2.45, 2.75) is 0 Å². The van der Waals surface area contributed by atoms with E-state index in [0.29, 0.717) is 0 Å². The van der Waals surface area contributed by atoms with Gasteiger partial charge in [0.05, 0.1) is 6.16 Å². The van der Waals surface area contributed by atoms with Crippen LogP contribution in [0.15, 0.2) is 0 Å². The molecule has 0 saturated carbocycles. The quantitative estimate of drug-likeness (QED) is 0.482. The van der Waals surface area contributed by atoms with Crippen LogP contribution < -0.4 is 0 Å². The van der Waals surface area contributed by atoms with Crippen molar-refractivity contribution in [2.75, 3.05) is 13.3 Å². The van der Waals surface area contributed by atoms with Crippen LogP contribution in [0.25, 0.3) is 0 Å². The first-order chi connectivity index (χ1) is 3.62. The highest BCUT2D eigenvalue weighted by Gasteiger charge is 2.12. The van der Waals surface area contributed by atoms with Crippen molar-refractivity contribution in [3.05, 3.63) is 0 Å². The highest BCUT2D eigenvalue weighted by molar-refractivity contribution is 7.79. The summed E-state index contributed by atoms with van der Waals surface area (Å²) in [5.41, 5.74) is 0. The maximum absolute atomic E-state index is 10.4. The number of thiocarbonyl (C=S) groups is 1. The van der Waals surface area contributed by atoms with E-state index in [2.05, 4.69) is 16.7 Å². The van der Waals surface area contributed by atoms with Gasteiger partial charge >= 0.3 is 7.60 Å². The highest BCUT2D eigenvalue weighted by Crippen LogP contribution is 2.38. The Morgan fingerprint density at radius 2 is 2.50 bits per heavy atom. The zero-order chi connectivity index (χ0) is 6.62. The molecule has 0 aliphatic heterocycles. The van der Waals surface area contributed by atoms with Crippen LogP contribution in [0.5, 0.6) is 0 Å². The molecule has 0 aliphatic carbocycles. The predicted molar refractivity (Wildman–Crippen MR) is 35.4 cm³/mol. The average Bonchev–Trinajstić information content (AvgIpc) is 1.67. The summed E-state index contributed by atoms with van der Waals surface area (Å²) in [6, 6.07) is 0. The second kappa shape index (κ2) is 3.30. The number of rotatable bonds is 3. The van der Waals surface area contributed by atoms with Gasteiger partial charge in [0.1, 0.15) is 0 Å². The van der Waals surface area contributed by atoms with Crippen molar-refractivity contribution in [3.8, 4) is 0 Å². The Balaban J connectivity index is 3.72. The minimum absolute atomic E-state index is 0.0567. The maximum Gasteiger partial charge on any atom is 0.332 e. The lowest BCUT2D eigenvalue weighted by Gasteiger charge is -2.02. The fourth-order valence-electron chi connectivity index (χ4n) is 0.169. The molecule has 1 unspecified atom stereocenters. The van der Waals surface area contributed by atoms with Crippen molar-refractivity contribution in [1.82, 2.24) is 0 Å². The second-order valence-corrected chi connectivity index (χ2v) is 3.51. The van der Waals surface area contributed by atoms with Crippen molar-refractivity contribution in [3.63, 3.8) is 0 Å². The molecule has 0 bridgehead atoms. The molecule has 0 saturated heterocycles. The van der Waals surface area contributed by atoms with E-state index in [0.717, 1.165) is 0 Å². The smallest absolute Gasteiger partial charge is 0.324 e. The molecule has 48 valence electrons. The minimum Gasteiger partial charge on any atom is -0.324 e. The van der Waals surface area contributed by atoms with E-state index in [9.17, 15) is 4.57 Å². The molecule has 5 heteroatoms. The zero-order valence-corrected chi connectivity index (χ0v) is 6.11.